The molecule has 0 aliphatic heterocycles. The van der Waals surface area contributed by atoms with Crippen molar-refractivity contribution in [2.75, 3.05) is 6.61 Å². The second-order valence-electron chi connectivity index (χ2n) is 6.63. The molecule has 5 nitrogen and oxygen atoms in total. The first kappa shape index (κ1) is 18.8. The minimum absolute atomic E-state index is 0.220. The van der Waals surface area contributed by atoms with Crippen molar-refractivity contribution in [3.8, 4) is 5.75 Å². The number of carbonyl (C=O) groups is 1. The van der Waals surface area contributed by atoms with E-state index in [-0.39, 0.29) is 11.7 Å². The Labute approximate surface area is 167 Å². The summed E-state index contributed by atoms with van der Waals surface area (Å²) in [6.07, 6.45) is 1.57. The predicted octanol–water partition coefficient (Wildman–Crippen LogP) is 4.75. The summed E-state index contributed by atoms with van der Waals surface area (Å²) in [5, 5.41) is 3.76. The molecule has 0 radical (unpaired) electrons. The van der Waals surface area contributed by atoms with E-state index < -0.39 is 0 Å². The van der Waals surface area contributed by atoms with Crippen LogP contribution in [-0.2, 0) is 13.1 Å². The number of benzene rings is 2. The maximum absolute atomic E-state index is 13.3. The molecule has 29 heavy (non-hydrogen) atoms. The van der Waals surface area contributed by atoms with Gasteiger partial charge in [0, 0.05) is 11.9 Å². The molecule has 4 rings (SSSR count). The van der Waals surface area contributed by atoms with Crippen molar-refractivity contribution in [2.45, 2.75) is 20.0 Å². The van der Waals surface area contributed by atoms with Crippen LogP contribution in [0.2, 0.25) is 0 Å². The summed E-state index contributed by atoms with van der Waals surface area (Å²) in [5.74, 6) is 0.890. The van der Waals surface area contributed by atoms with Gasteiger partial charge in [0.15, 0.2) is 0 Å². The number of hydrogen-bond donors (Lipinski definition) is 1. The molecule has 2 heterocycles. The Kier molecular flexibility index (Phi) is 5.33. The van der Waals surface area contributed by atoms with Crippen LogP contribution in [0.5, 0.6) is 5.75 Å². The summed E-state index contributed by atoms with van der Waals surface area (Å²) in [6.45, 7) is 3.18. The zero-order chi connectivity index (χ0) is 20.2. The van der Waals surface area contributed by atoms with Crippen LogP contribution in [0.4, 0.5) is 4.39 Å². The number of rotatable bonds is 7. The number of nitrogens with one attached hydrogen (secondary N) is 1. The van der Waals surface area contributed by atoms with Gasteiger partial charge in [-0.25, -0.2) is 4.39 Å². The Hall–Kier alpha value is -3.54. The van der Waals surface area contributed by atoms with Crippen LogP contribution in [0.25, 0.3) is 10.9 Å². The van der Waals surface area contributed by atoms with Gasteiger partial charge in [0.25, 0.3) is 5.91 Å². The topological polar surface area (TPSA) is 56.4 Å². The van der Waals surface area contributed by atoms with Crippen molar-refractivity contribution >= 4 is 16.8 Å². The molecule has 0 aliphatic carbocycles. The zero-order valence-electron chi connectivity index (χ0n) is 16.0. The number of furan rings is 1. The Morgan fingerprint density at radius 3 is 2.69 bits per heavy atom. The largest absolute Gasteiger partial charge is 0.493 e. The summed E-state index contributed by atoms with van der Waals surface area (Å²) < 4.78 is 26.3. The molecule has 4 aromatic rings. The maximum Gasteiger partial charge on any atom is 0.268 e. The van der Waals surface area contributed by atoms with E-state index >= 15 is 0 Å². The zero-order valence-corrected chi connectivity index (χ0v) is 16.0. The predicted molar refractivity (Wildman–Crippen MR) is 108 cm³/mol. The monoisotopic (exact) mass is 392 g/mol. The van der Waals surface area contributed by atoms with E-state index in [4.69, 9.17) is 9.15 Å². The van der Waals surface area contributed by atoms with Gasteiger partial charge in [-0.15, -0.1) is 0 Å². The van der Waals surface area contributed by atoms with E-state index in [2.05, 4.69) is 5.32 Å². The molecule has 2 aromatic carbocycles. The van der Waals surface area contributed by atoms with Crippen LogP contribution >= 0.6 is 0 Å². The number of amides is 1. The molecule has 148 valence electrons. The molecule has 1 amide bonds. The van der Waals surface area contributed by atoms with Crippen LogP contribution in [0.15, 0.2) is 71.3 Å². The minimum atomic E-state index is -0.291. The lowest BCUT2D eigenvalue weighted by atomic mass is 10.2. The smallest absolute Gasteiger partial charge is 0.268 e. The number of aromatic nitrogens is 1. The van der Waals surface area contributed by atoms with Crippen LogP contribution in [0.3, 0.4) is 0 Å². The van der Waals surface area contributed by atoms with Crippen LogP contribution in [0.1, 0.15) is 28.7 Å². The number of ether oxygens (including phenoxy) is 1. The van der Waals surface area contributed by atoms with Crippen LogP contribution in [0, 0.1) is 5.82 Å². The summed E-state index contributed by atoms with van der Waals surface area (Å²) in [6, 6.07) is 17.4. The summed E-state index contributed by atoms with van der Waals surface area (Å²) >= 11 is 0. The standard InChI is InChI=1S/C23H21FN2O3/c1-2-28-22-7-3-6-20-19(22)13-21(23(27)25-14-18-5-4-12-29-18)26(20)15-16-8-10-17(24)11-9-16/h3-13H,2,14-15H2,1H3,(H,25,27). The molecule has 6 heteroatoms. The normalized spacial score (nSPS) is 11.0. The molecule has 0 atom stereocenters. The molecule has 0 bridgehead atoms. The first-order valence-corrected chi connectivity index (χ1v) is 9.46. The van der Waals surface area contributed by atoms with E-state index in [1.54, 1.807) is 24.5 Å². The fraction of sp³-hybridized carbons (Fsp3) is 0.174. The molecule has 0 saturated carbocycles. The Balaban J connectivity index is 1.73. The third-order valence-corrected chi connectivity index (χ3v) is 4.70. The van der Waals surface area contributed by atoms with E-state index in [1.807, 2.05) is 41.8 Å². The molecule has 2 aromatic heterocycles. The SMILES string of the molecule is CCOc1cccc2c1cc(C(=O)NCc1ccco1)n2Cc1ccc(F)cc1. The van der Waals surface area contributed by atoms with Crippen LogP contribution in [-0.4, -0.2) is 17.1 Å². The Morgan fingerprint density at radius 1 is 1.14 bits per heavy atom. The first-order valence-electron chi connectivity index (χ1n) is 9.46. The van der Waals surface area contributed by atoms with Gasteiger partial charge in [-0.3, -0.25) is 4.79 Å². The van der Waals surface area contributed by atoms with Crippen molar-refractivity contribution in [1.82, 2.24) is 9.88 Å². The summed E-state index contributed by atoms with van der Waals surface area (Å²) in [5.41, 5.74) is 2.28. The van der Waals surface area contributed by atoms with Crippen LogP contribution < -0.4 is 10.1 Å². The summed E-state index contributed by atoms with van der Waals surface area (Å²) in [4.78, 5) is 13.0. The average Bonchev–Trinajstić information content (AvgIpc) is 3.37. The number of halogens is 1. The Bertz CT molecular complexity index is 1120. The molecule has 0 aliphatic rings. The van der Waals surface area contributed by atoms with E-state index in [0.717, 1.165) is 22.2 Å². The maximum atomic E-state index is 13.3. The van der Waals surface area contributed by atoms with E-state index in [0.29, 0.717) is 31.2 Å². The van der Waals surface area contributed by atoms with Crippen molar-refractivity contribution in [3.63, 3.8) is 0 Å². The highest BCUT2D eigenvalue weighted by Gasteiger charge is 2.18. The lowest BCUT2D eigenvalue weighted by molar-refractivity contribution is 0.0939. The minimum Gasteiger partial charge on any atom is -0.493 e. The third kappa shape index (κ3) is 4.01. The number of carbonyl (C=O) groups excluding carboxylic acids is 1. The van der Waals surface area contributed by atoms with Crippen molar-refractivity contribution in [3.05, 3.63) is 89.8 Å². The Morgan fingerprint density at radius 2 is 1.97 bits per heavy atom. The highest BCUT2D eigenvalue weighted by Crippen LogP contribution is 2.30. The fourth-order valence-electron chi connectivity index (χ4n) is 3.34. The van der Waals surface area contributed by atoms with Gasteiger partial charge in [0.05, 0.1) is 24.9 Å². The highest BCUT2D eigenvalue weighted by atomic mass is 19.1. The highest BCUT2D eigenvalue weighted by molar-refractivity contribution is 6.00. The number of nitrogens with zero attached hydrogens (tertiary/aromatic N) is 1. The number of fused-ring (bicyclic) bond motifs is 1. The molecular weight excluding hydrogens is 371 g/mol. The van der Waals surface area contributed by atoms with Crippen molar-refractivity contribution in [2.24, 2.45) is 0 Å². The molecule has 0 spiro atoms. The van der Waals surface area contributed by atoms with Gasteiger partial charge in [-0.2, -0.15) is 0 Å². The fourth-order valence-corrected chi connectivity index (χ4v) is 3.34. The number of hydrogen-bond acceptors (Lipinski definition) is 3. The van der Waals surface area contributed by atoms with Gasteiger partial charge in [-0.1, -0.05) is 18.2 Å². The molecule has 0 unspecified atom stereocenters. The molecule has 0 saturated heterocycles. The van der Waals surface area contributed by atoms with E-state index in [9.17, 15) is 9.18 Å². The van der Waals surface area contributed by atoms with Gasteiger partial charge in [-0.05, 0) is 55.0 Å². The second kappa shape index (κ2) is 8.22. The third-order valence-electron chi connectivity index (χ3n) is 4.70. The van der Waals surface area contributed by atoms with E-state index in [1.165, 1.54) is 12.1 Å². The van der Waals surface area contributed by atoms with Gasteiger partial charge in [0.1, 0.15) is 23.0 Å². The van der Waals surface area contributed by atoms with Gasteiger partial charge in [0.2, 0.25) is 0 Å². The molecule has 0 fully saturated rings. The lowest BCUT2D eigenvalue weighted by Crippen LogP contribution is -2.25. The molecule has 1 N–H and O–H groups in total. The van der Waals surface area contributed by atoms with Crippen molar-refractivity contribution in [1.29, 1.82) is 0 Å². The second-order valence-corrected chi connectivity index (χ2v) is 6.63. The quantitative estimate of drug-likeness (QED) is 0.494. The average molecular weight is 392 g/mol. The molecular formula is C23H21FN2O3. The first-order chi connectivity index (χ1) is 14.2. The van der Waals surface area contributed by atoms with Crippen molar-refractivity contribution < 1.29 is 18.3 Å². The summed E-state index contributed by atoms with van der Waals surface area (Å²) in [7, 11) is 0. The van der Waals surface area contributed by atoms with Gasteiger partial charge >= 0.3 is 0 Å². The lowest BCUT2D eigenvalue weighted by Gasteiger charge is -2.12. The van der Waals surface area contributed by atoms with Gasteiger partial charge < -0.3 is 19.0 Å².